The standard InChI is InChI=1S/C16H23N3S/c1-12(2)18-10-13-4-5-16(14(8-13)9-17)19(3)15-6-7-20-11-15/h4-5,8,12,15,18H,6-7,10-11H2,1-3H3. The van der Waals surface area contributed by atoms with Gasteiger partial charge >= 0.3 is 0 Å². The van der Waals surface area contributed by atoms with Crippen LogP contribution in [0, 0.1) is 11.3 Å². The average molecular weight is 289 g/mol. The Labute approximate surface area is 126 Å². The highest BCUT2D eigenvalue weighted by molar-refractivity contribution is 7.99. The predicted octanol–water partition coefficient (Wildman–Crippen LogP) is 3.00. The van der Waals surface area contributed by atoms with Crippen LogP contribution in [-0.2, 0) is 6.54 Å². The molecular formula is C16H23N3S. The lowest BCUT2D eigenvalue weighted by Gasteiger charge is -2.27. The van der Waals surface area contributed by atoms with Crippen molar-refractivity contribution < 1.29 is 0 Å². The highest BCUT2D eigenvalue weighted by atomic mass is 32.2. The molecule has 0 aromatic heterocycles. The molecule has 4 heteroatoms. The zero-order valence-corrected chi connectivity index (χ0v) is 13.3. The molecule has 0 spiro atoms. The lowest BCUT2D eigenvalue weighted by molar-refractivity contribution is 0.588. The molecule has 1 saturated heterocycles. The van der Waals surface area contributed by atoms with E-state index in [2.05, 4.69) is 49.3 Å². The minimum Gasteiger partial charge on any atom is -0.370 e. The number of benzene rings is 1. The molecule has 1 unspecified atom stereocenters. The van der Waals surface area contributed by atoms with Crippen LogP contribution in [0.1, 0.15) is 31.4 Å². The Morgan fingerprint density at radius 3 is 2.90 bits per heavy atom. The number of nitrogens with one attached hydrogen (secondary N) is 1. The Hall–Kier alpha value is -1.18. The number of hydrogen-bond donors (Lipinski definition) is 1. The summed E-state index contributed by atoms with van der Waals surface area (Å²) in [6.45, 7) is 5.08. The van der Waals surface area contributed by atoms with Crippen LogP contribution in [0.25, 0.3) is 0 Å². The minimum atomic E-state index is 0.457. The van der Waals surface area contributed by atoms with Crippen molar-refractivity contribution in [3.05, 3.63) is 29.3 Å². The number of rotatable bonds is 5. The SMILES string of the molecule is CC(C)NCc1ccc(N(C)C2CCSC2)c(C#N)c1. The third-order valence-corrected chi connectivity index (χ3v) is 4.87. The molecule has 0 bridgehead atoms. The Balaban J connectivity index is 2.15. The smallest absolute Gasteiger partial charge is 0.101 e. The summed E-state index contributed by atoms with van der Waals surface area (Å²) in [6, 6.07) is 9.61. The molecule has 0 saturated carbocycles. The first-order valence-electron chi connectivity index (χ1n) is 7.18. The van der Waals surface area contributed by atoms with Crippen molar-refractivity contribution in [2.75, 3.05) is 23.5 Å². The van der Waals surface area contributed by atoms with Gasteiger partial charge in [0.2, 0.25) is 0 Å². The van der Waals surface area contributed by atoms with Crippen LogP contribution in [0.5, 0.6) is 0 Å². The lowest BCUT2D eigenvalue weighted by Crippen LogP contribution is -2.31. The van der Waals surface area contributed by atoms with E-state index in [1.165, 1.54) is 17.7 Å². The molecule has 1 aliphatic heterocycles. The molecule has 1 aliphatic rings. The normalized spacial score (nSPS) is 18.2. The maximum Gasteiger partial charge on any atom is 0.101 e. The van der Waals surface area contributed by atoms with Crippen LogP contribution in [0.4, 0.5) is 5.69 Å². The molecule has 1 fully saturated rings. The number of anilines is 1. The molecule has 1 heterocycles. The second kappa shape index (κ2) is 7.01. The van der Waals surface area contributed by atoms with Gasteiger partial charge in [-0.3, -0.25) is 0 Å². The average Bonchev–Trinajstić information content (AvgIpc) is 2.98. The third kappa shape index (κ3) is 3.68. The third-order valence-electron chi connectivity index (χ3n) is 3.73. The fourth-order valence-electron chi connectivity index (χ4n) is 2.44. The van der Waals surface area contributed by atoms with Gasteiger partial charge in [-0.05, 0) is 29.9 Å². The summed E-state index contributed by atoms with van der Waals surface area (Å²) in [6.07, 6.45) is 1.21. The van der Waals surface area contributed by atoms with Gasteiger partial charge in [0.15, 0.2) is 0 Å². The van der Waals surface area contributed by atoms with Crippen LogP contribution in [0.15, 0.2) is 18.2 Å². The van der Waals surface area contributed by atoms with E-state index < -0.39 is 0 Å². The van der Waals surface area contributed by atoms with Gasteiger partial charge in [0.25, 0.3) is 0 Å². The van der Waals surface area contributed by atoms with Gasteiger partial charge in [0.1, 0.15) is 6.07 Å². The quantitative estimate of drug-likeness (QED) is 0.904. The van der Waals surface area contributed by atoms with E-state index in [0.29, 0.717) is 12.1 Å². The molecule has 0 amide bonds. The molecule has 1 aromatic carbocycles. The van der Waals surface area contributed by atoms with Crippen molar-refractivity contribution in [2.45, 2.75) is 38.9 Å². The predicted molar refractivity (Wildman–Crippen MR) is 87.3 cm³/mol. The Bertz CT molecular complexity index is 487. The highest BCUT2D eigenvalue weighted by Gasteiger charge is 2.22. The van der Waals surface area contributed by atoms with Gasteiger partial charge < -0.3 is 10.2 Å². The van der Waals surface area contributed by atoms with E-state index in [4.69, 9.17) is 0 Å². The Morgan fingerprint density at radius 1 is 1.50 bits per heavy atom. The van der Waals surface area contributed by atoms with Crippen LogP contribution in [-0.4, -0.2) is 30.6 Å². The van der Waals surface area contributed by atoms with E-state index in [0.717, 1.165) is 23.5 Å². The largest absolute Gasteiger partial charge is 0.370 e. The molecule has 3 nitrogen and oxygen atoms in total. The van der Waals surface area contributed by atoms with Gasteiger partial charge in [-0.15, -0.1) is 0 Å². The first-order chi connectivity index (χ1) is 9.61. The number of hydrogen-bond acceptors (Lipinski definition) is 4. The number of nitrogens with zero attached hydrogens (tertiary/aromatic N) is 2. The van der Waals surface area contributed by atoms with Crippen LogP contribution < -0.4 is 10.2 Å². The van der Waals surface area contributed by atoms with Crippen molar-refractivity contribution in [2.24, 2.45) is 0 Å². The number of nitriles is 1. The van der Waals surface area contributed by atoms with Crippen molar-refractivity contribution in [3.63, 3.8) is 0 Å². The first-order valence-corrected chi connectivity index (χ1v) is 8.34. The van der Waals surface area contributed by atoms with Gasteiger partial charge in [-0.25, -0.2) is 0 Å². The molecule has 2 rings (SSSR count). The Kier molecular flexibility index (Phi) is 5.33. The summed E-state index contributed by atoms with van der Waals surface area (Å²) < 4.78 is 0. The van der Waals surface area contributed by atoms with E-state index in [9.17, 15) is 5.26 Å². The molecule has 0 aliphatic carbocycles. The summed E-state index contributed by atoms with van der Waals surface area (Å²) >= 11 is 2.00. The van der Waals surface area contributed by atoms with Crippen LogP contribution in [0.3, 0.4) is 0 Å². The van der Waals surface area contributed by atoms with Crippen LogP contribution in [0.2, 0.25) is 0 Å². The topological polar surface area (TPSA) is 39.1 Å². The zero-order chi connectivity index (χ0) is 14.5. The highest BCUT2D eigenvalue weighted by Crippen LogP contribution is 2.28. The summed E-state index contributed by atoms with van der Waals surface area (Å²) in [4.78, 5) is 2.28. The van der Waals surface area contributed by atoms with Crippen molar-refractivity contribution >= 4 is 17.4 Å². The maximum absolute atomic E-state index is 9.41. The van der Waals surface area contributed by atoms with E-state index in [1.54, 1.807) is 0 Å². The summed E-state index contributed by atoms with van der Waals surface area (Å²) in [5.74, 6) is 2.39. The van der Waals surface area contributed by atoms with E-state index in [-0.39, 0.29) is 0 Å². The summed E-state index contributed by atoms with van der Waals surface area (Å²) in [7, 11) is 2.11. The molecule has 20 heavy (non-hydrogen) atoms. The monoisotopic (exact) mass is 289 g/mol. The van der Waals surface area contributed by atoms with Crippen molar-refractivity contribution in [3.8, 4) is 6.07 Å². The van der Waals surface area contributed by atoms with Gasteiger partial charge in [0.05, 0.1) is 11.3 Å². The maximum atomic E-state index is 9.41. The van der Waals surface area contributed by atoms with E-state index in [1.807, 2.05) is 17.8 Å². The Morgan fingerprint density at radius 2 is 2.30 bits per heavy atom. The van der Waals surface area contributed by atoms with Gasteiger partial charge in [-0.2, -0.15) is 17.0 Å². The minimum absolute atomic E-state index is 0.457. The molecule has 108 valence electrons. The fourth-order valence-corrected chi connectivity index (χ4v) is 3.70. The first kappa shape index (κ1) is 15.2. The van der Waals surface area contributed by atoms with Gasteiger partial charge in [-0.1, -0.05) is 19.9 Å². The second-order valence-electron chi connectivity index (χ2n) is 5.63. The molecule has 1 atom stereocenters. The second-order valence-corrected chi connectivity index (χ2v) is 6.78. The fraction of sp³-hybridized carbons (Fsp3) is 0.562. The molecule has 0 radical (unpaired) electrons. The van der Waals surface area contributed by atoms with Crippen molar-refractivity contribution in [1.29, 1.82) is 5.26 Å². The number of thioether (sulfide) groups is 1. The summed E-state index contributed by atoms with van der Waals surface area (Å²) in [5.41, 5.74) is 3.02. The summed E-state index contributed by atoms with van der Waals surface area (Å²) in [5, 5.41) is 12.8. The zero-order valence-electron chi connectivity index (χ0n) is 12.5. The van der Waals surface area contributed by atoms with Gasteiger partial charge in [0, 0.05) is 31.4 Å². The molecule has 1 aromatic rings. The van der Waals surface area contributed by atoms with Crippen molar-refractivity contribution in [1.82, 2.24) is 5.32 Å². The van der Waals surface area contributed by atoms with E-state index >= 15 is 0 Å². The van der Waals surface area contributed by atoms with Crippen LogP contribution >= 0.6 is 11.8 Å². The molecular weight excluding hydrogens is 266 g/mol. The lowest BCUT2D eigenvalue weighted by atomic mass is 10.1. The molecule has 1 N–H and O–H groups in total.